The summed E-state index contributed by atoms with van der Waals surface area (Å²) in [7, 11) is 0. The Morgan fingerprint density at radius 3 is 2.55 bits per heavy atom. The van der Waals surface area contributed by atoms with Gasteiger partial charge in [0.1, 0.15) is 5.75 Å². The molecule has 3 nitrogen and oxygen atoms in total. The van der Waals surface area contributed by atoms with Crippen LogP contribution in [0.2, 0.25) is 0 Å². The molecule has 1 aromatic heterocycles. The van der Waals surface area contributed by atoms with E-state index in [1.54, 1.807) is 6.07 Å². The van der Waals surface area contributed by atoms with Crippen molar-refractivity contribution in [2.75, 3.05) is 0 Å². The first-order valence-electron chi connectivity index (χ1n) is 6.25. The second-order valence-electron chi connectivity index (χ2n) is 4.69. The average molecular weight is 329 g/mol. The number of hydrogen-bond acceptors (Lipinski definition) is 2. The van der Waals surface area contributed by atoms with Crippen molar-refractivity contribution in [2.45, 2.75) is 6.92 Å². The number of aromatic amines is 1. The molecule has 0 aliphatic carbocycles. The molecule has 0 amide bonds. The van der Waals surface area contributed by atoms with Gasteiger partial charge < -0.3 is 5.11 Å². The van der Waals surface area contributed by atoms with E-state index in [1.165, 1.54) is 0 Å². The molecular weight excluding hydrogens is 316 g/mol. The van der Waals surface area contributed by atoms with Gasteiger partial charge in [-0.2, -0.15) is 5.10 Å². The number of aryl methyl sites for hydroxylation is 1. The molecule has 3 aromatic rings. The number of benzene rings is 2. The molecule has 1 heterocycles. The Bertz CT molecular complexity index is 747. The Balaban J connectivity index is 2.01. The third kappa shape index (κ3) is 2.47. The Kier molecular flexibility index (Phi) is 3.32. The number of H-pyrrole nitrogens is 1. The fourth-order valence-corrected chi connectivity index (χ4v) is 2.36. The molecule has 0 bridgehead atoms. The zero-order chi connectivity index (χ0) is 14.1. The summed E-state index contributed by atoms with van der Waals surface area (Å²) in [6.45, 7) is 1.99. The van der Waals surface area contributed by atoms with E-state index in [2.05, 4.69) is 26.1 Å². The topological polar surface area (TPSA) is 48.9 Å². The van der Waals surface area contributed by atoms with Gasteiger partial charge in [0.25, 0.3) is 0 Å². The smallest absolute Gasteiger partial charge is 0.125 e. The molecule has 0 aliphatic rings. The average Bonchev–Trinajstić information content (AvgIpc) is 2.92. The number of phenols is 1. The van der Waals surface area contributed by atoms with Crippen molar-refractivity contribution in [3.05, 3.63) is 58.6 Å². The molecule has 100 valence electrons. The molecule has 0 atom stereocenters. The van der Waals surface area contributed by atoms with E-state index in [1.807, 2.05) is 49.4 Å². The minimum atomic E-state index is 0.240. The third-order valence-corrected chi connectivity index (χ3v) is 3.69. The summed E-state index contributed by atoms with van der Waals surface area (Å²) in [5, 5.41) is 17.2. The second-order valence-corrected chi connectivity index (χ2v) is 5.61. The zero-order valence-electron chi connectivity index (χ0n) is 10.9. The normalized spacial score (nSPS) is 10.7. The van der Waals surface area contributed by atoms with Gasteiger partial charge in [0.05, 0.1) is 11.4 Å². The molecule has 0 fully saturated rings. The quantitative estimate of drug-likeness (QED) is 0.726. The highest BCUT2D eigenvalue weighted by Gasteiger charge is 2.09. The summed E-state index contributed by atoms with van der Waals surface area (Å²) < 4.78 is 1.04. The fourth-order valence-electron chi connectivity index (χ4n) is 2.09. The Morgan fingerprint density at radius 1 is 1.05 bits per heavy atom. The lowest BCUT2D eigenvalue weighted by molar-refractivity contribution is 0.477. The number of nitrogens with zero attached hydrogens (tertiary/aromatic N) is 1. The van der Waals surface area contributed by atoms with E-state index in [4.69, 9.17) is 0 Å². The largest absolute Gasteiger partial charge is 0.507 e. The minimum absolute atomic E-state index is 0.240. The minimum Gasteiger partial charge on any atom is -0.507 e. The summed E-state index contributed by atoms with van der Waals surface area (Å²) in [5.74, 6) is 0.240. The van der Waals surface area contributed by atoms with Crippen LogP contribution in [0, 0.1) is 6.92 Å². The van der Waals surface area contributed by atoms with Gasteiger partial charge in [-0.05, 0) is 42.8 Å². The zero-order valence-corrected chi connectivity index (χ0v) is 12.5. The second kappa shape index (κ2) is 5.13. The molecule has 3 rings (SSSR count). The summed E-state index contributed by atoms with van der Waals surface area (Å²) >= 11 is 3.42. The van der Waals surface area contributed by atoms with Gasteiger partial charge in [-0.25, -0.2) is 0 Å². The van der Waals surface area contributed by atoms with Crippen LogP contribution >= 0.6 is 15.9 Å². The van der Waals surface area contributed by atoms with Gasteiger partial charge in [0.2, 0.25) is 0 Å². The van der Waals surface area contributed by atoms with Crippen molar-refractivity contribution in [3.63, 3.8) is 0 Å². The van der Waals surface area contributed by atoms with Crippen molar-refractivity contribution in [1.29, 1.82) is 0 Å². The Morgan fingerprint density at radius 2 is 1.80 bits per heavy atom. The van der Waals surface area contributed by atoms with Crippen molar-refractivity contribution in [3.8, 4) is 28.3 Å². The first-order chi connectivity index (χ1) is 9.63. The van der Waals surface area contributed by atoms with Gasteiger partial charge >= 0.3 is 0 Å². The number of phenolic OH excluding ortho intramolecular Hbond substituents is 1. The number of rotatable bonds is 2. The van der Waals surface area contributed by atoms with Crippen LogP contribution in [0.15, 0.2) is 53.0 Å². The molecule has 4 heteroatoms. The summed E-state index contributed by atoms with van der Waals surface area (Å²) in [6, 6.07) is 15.4. The first-order valence-corrected chi connectivity index (χ1v) is 7.04. The highest BCUT2D eigenvalue weighted by atomic mass is 79.9. The number of halogens is 1. The van der Waals surface area contributed by atoms with Crippen LogP contribution in [-0.2, 0) is 0 Å². The number of aromatic nitrogens is 2. The van der Waals surface area contributed by atoms with E-state index >= 15 is 0 Å². The lowest BCUT2D eigenvalue weighted by atomic mass is 10.1. The van der Waals surface area contributed by atoms with Crippen molar-refractivity contribution in [2.24, 2.45) is 0 Å². The van der Waals surface area contributed by atoms with E-state index < -0.39 is 0 Å². The van der Waals surface area contributed by atoms with Crippen LogP contribution < -0.4 is 0 Å². The fraction of sp³-hybridized carbons (Fsp3) is 0.0625. The van der Waals surface area contributed by atoms with Crippen LogP contribution in [0.3, 0.4) is 0 Å². The number of aromatic hydroxyl groups is 1. The van der Waals surface area contributed by atoms with Crippen LogP contribution in [-0.4, -0.2) is 15.3 Å². The molecule has 0 unspecified atom stereocenters. The van der Waals surface area contributed by atoms with E-state index in [0.717, 1.165) is 32.6 Å². The molecule has 2 N–H and O–H groups in total. The first kappa shape index (κ1) is 12.9. The lowest BCUT2D eigenvalue weighted by Gasteiger charge is -2.01. The van der Waals surface area contributed by atoms with Gasteiger partial charge in [0.15, 0.2) is 0 Å². The maximum Gasteiger partial charge on any atom is 0.125 e. The summed E-state index contributed by atoms with van der Waals surface area (Å²) in [4.78, 5) is 0. The third-order valence-electron chi connectivity index (χ3n) is 3.16. The van der Waals surface area contributed by atoms with Gasteiger partial charge in [-0.3, -0.25) is 5.10 Å². The SMILES string of the molecule is Cc1ccc(O)c(-c2cc(-c3ccc(Br)cc3)[nH]n2)c1. The summed E-state index contributed by atoms with van der Waals surface area (Å²) in [5.41, 5.74) is 4.55. The Labute approximate surface area is 125 Å². The van der Waals surface area contributed by atoms with E-state index in [-0.39, 0.29) is 5.75 Å². The molecule has 2 aromatic carbocycles. The van der Waals surface area contributed by atoms with Gasteiger partial charge in [-0.15, -0.1) is 0 Å². The molecule has 0 spiro atoms. The highest BCUT2D eigenvalue weighted by molar-refractivity contribution is 9.10. The van der Waals surface area contributed by atoms with Crippen LogP contribution in [0.1, 0.15) is 5.56 Å². The van der Waals surface area contributed by atoms with Crippen LogP contribution in [0.4, 0.5) is 0 Å². The van der Waals surface area contributed by atoms with Gasteiger partial charge in [-0.1, -0.05) is 39.7 Å². The molecule has 0 saturated carbocycles. The van der Waals surface area contributed by atoms with Crippen LogP contribution in [0.25, 0.3) is 22.5 Å². The molecule has 20 heavy (non-hydrogen) atoms. The summed E-state index contributed by atoms with van der Waals surface area (Å²) in [6.07, 6.45) is 0. The van der Waals surface area contributed by atoms with E-state index in [9.17, 15) is 5.11 Å². The molecule has 0 aliphatic heterocycles. The lowest BCUT2D eigenvalue weighted by Crippen LogP contribution is -1.81. The van der Waals surface area contributed by atoms with Crippen molar-refractivity contribution in [1.82, 2.24) is 10.2 Å². The predicted octanol–water partition coefficient (Wildman–Crippen LogP) is 4.52. The van der Waals surface area contributed by atoms with Crippen LogP contribution in [0.5, 0.6) is 5.75 Å². The van der Waals surface area contributed by atoms with E-state index in [0.29, 0.717) is 0 Å². The van der Waals surface area contributed by atoms with Crippen molar-refractivity contribution >= 4 is 15.9 Å². The number of hydrogen-bond donors (Lipinski definition) is 2. The maximum atomic E-state index is 9.94. The molecule has 0 saturated heterocycles. The van der Waals surface area contributed by atoms with Crippen molar-refractivity contribution < 1.29 is 5.11 Å². The van der Waals surface area contributed by atoms with Gasteiger partial charge in [0, 0.05) is 10.0 Å². The molecule has 0 radical (unpaired) electrons. The highest BCUT2D eigenvalue weighted by Crippen LogP contribution is 2.31. The predicted molar refractivity (Wildman–Crippen MR) is 83.6 cm³/mol. The Hall–Kier alpha value is -2.07. The molecular formula is C16H13BrN2O. The maximum absolute atomic E-state index is 9.94. The number of nitrogens with one attached hydrogen (secondary N) is 1. The monoisotopic (exact) mass is 328 g/mol. The standard InChI is InChI=1S/C16H13BrN2O/c1-10-2-7-16(20)13(8-10)15-9-14(18-19-15)11-3-5-12(17)6-4-11/h2-9,20H,1H3,(H,18,19).